The summed E-state index contributed by atoms with van der Waals surface area (Å²) < 4.78 is 28.3. The normalized spacial score (nSPS) is 14.3. The third kappa shape index (κ3) is 3.42. The summed E-state index contributed by atoms with van der Waals surface area (Å²) in [7, 11) is -3.89. The average Bonchev–Trinajstić information content (AvgIpc) is 3.35. The molecule has 0 bridgehead atoms. The molecule has 1 aliphatic carbocycles. The van der Waals surface area contributed by atoms with Crippen LogP contribution in [-0.2, 0) is 14.8 Å². The fourth-order valence-electron chi connectivity index (χ4n) is 2.57. The zero-order chi connectivity index (χ0) is 18.1. The summed E-state index contributed by atoms with van der Waals surface area (Å²) >= 11 is 1.26. The number of para-hydroxylation sites is 1. The topological polar surface area (TPSA) is 79.4 Å². The summed E-state index contributed by atoms with van der Waals surface area (Å²) in [5.41, 5.74) is 0.711. The number of amides is 1. The van der Waals surface area contributed by atoms with E-state index in [-0.39, 0.29) is 23.4 Å². The first-order chi connectivity index (χ1) is 12.5. The number of anilines is 1. The first-order valence-electron chi connectivity index (χ1n) is 8.27. The average molecular weight is 387 g/mol. The van der Waals surface area contributed by atoms with Crippen LogP contribution in [0.15, 0.2) is 59.5 Å². The Morgan fingerprint density at radius 3 is 2.50 bits per heavy atom. The number of carbonyl (C=O) groups is 1. The van der Waals surface area contributed by atoms with Crippen LogP contribution in [0.2, 0.25) is 0 Å². The number of nitrogens with zero attached hydrogens (tertiary/aromatic N) is 2. The van der Waals surface area contributed by atoms with Crippen molar-refractivity contribution in [2.75, 3.05) is 10.8 Å². The van der Waals surface area contributed by atoms with E-state index in [9.17, 15) is 13.2 Å². The van der Waals surface area contributed by atoms with Gasteiger partial charge in [-0.15, -0.1) is 0 Å². The van der Waals surface area contributed by atoms with E-state index in [1.807, 2.05) is 24.3 Å². The third-order valence-electron chi connectivity index (χ3n) is 4.06. The van der Waals surface area contributed by atoms with Crippen LogP contribution in [0.1, 0.15) is 12.8 Å². The monoisotopic (exact) mass is 387 g/mol. The van der Waals surface area contributed by atoms with Crippen LogP contribution >= 0.6 is 11.3 Å². The van der Waals surface area contributed by atoms with Gasteiger partial charge >= 0.3 is 0 Å². The molecule has 1 amide bonds. The van der Waals surface area contributed by atoms with Gasteiger partial charge in [0, 0.05) is 6.04 Å². The van der Waals surface area contributed by atoms with Gasteiger partial charge in [0.15, 0.2) is 0 Å². The number of thiazole rings is 1. The first-order valence-corrected chi connectivity index (χ1v) is 10.5. The number of hydrogen-bond donors (Lipinski definition) is 1. The van der Waals surface area contributed by atoms with Crippen molar-refractivity contribution in [3.05, 3.63) is 54.6 Å². The minimum atomic E-state index is -3.89. The molecule has 2 aromatic carbocycles. The highest BCUT2D eigenvalue weighted by molar-refractivity contribution is 7.93. The van der Waals surface area contributed by atoms with Gasteiger partial charge < -0.3 is 5.32 Å². The minimum absolute atomic E-state index is 0.137. The Kier molecular flexibility index (Phi) is 4.37. The second-order valence-electron chi connectivity index (χ2n) is 6.13. The Morgan fingerprint density at radius 2 is 1.81 bits per heavy atom. The molecule has 8 heteroatoms. The lowest BCUT2D eigenvalue weighted by Gasteiger charge is -2.21. The summed E-state index contributed by atoms with van der Waals surface area (Å²) in [5, 5.41) is 3.14. The van der Waals surface area contributed by atoms with E-state index in [0.717, 1.165) is 21.8 Å². The highest BCUT2D eigenvalue weighted by atomic mass is 32.2. The standard InChI is InChI=1S/C18H17N3O3S2/c22-17(19-13-10-11-13)12-21(26(23,24)14-6-2-1-3-7-14)18-20-15-8-4-5-9-16(15)25-18/h1-9,13H,10-12H2,(H,19,22). The smallest absolute Gasteiger partial charge is 0.266 e. The van der Waals surface area contributed by atoms with E-state index >= 15 is 0 Å². The van der Waals surface area contributed by atoms with Crippen molar-refractivity contribution in [2.45, 2.75) is 23.8 Å². The van der Waals surface area contributed by atoms with Crippen LogP contribution in [0.3, 0.4) is 0 Å². The predicted molar refractivity (Wildman–Crippen MR) is 102 cm³/mol. The molecule has 1 N–H and O–H groups in total. The zero-order valence-corrected chi connectivity index (χ0v) is 15.5. The highest BCUT2D eigenvalue weighted by Crippen LogP contribution is 2.32. The van der Waals surface area contributed by atoms with E-state index in [1.54, 1.807) is 18.2 Å². The maximum Gasteiger partial charge on any atom is 0.266 e. The van der Waals surface area contributed by atoms with E-state index < -0.39 is 10.0 Å². The van der Waals surface area contributed by atoms with Gasteiger partial charge in [0.1, 0.15) is 6.54 Å². The van der Waals surface area contributed by atoms with Gasteiger partial charge in [0.2, 0.25) is 11.0 Å². The quantitative estimate of drug-likeness (QED) is 0.705. The molecule has 134 valence electrons. The van der Waals surface area contributed by atoms with Crippen molar-refractivity contribution in [3.63, 3.8) is 0 Å². The molecule has 0 unspecified atom stereocenters. The number of hydrogen-bond acceptors (Lipinski definition) is 5. The molecule has 1 aromatic heterocycles. The van der Waals surface area contributed by atoms with Crippen LogP contribution < -0.4 is 9.62 Å². The van der Waals surface area contributed by atoms with Crippen LogP contribution in [0.25, 0.3) is 10.2 Å². The number of nitrogens with one attached hydrogen (secondary N) is 1. The van der Waals surface area contributed by atoms with Gasteiger partial charge in [0.25, 0.3) is 10.0 Å². The number of carbonyl (C=O) groups excluding carboxylic acids is 1. The Balaban J connectivity index is 1.74. The van der Waals surface area contributed by atoms with E-state index in [0.29, 0.717) is 10.6 Å². The van der Waals surface area contributed by atoms with Crippen LogP contribution in [-0.4, -0.2) is 31.9 Å². The fourth-order valence-corrected chi connectivity index (χ4v) is 5.14. The minimum Gasteiger partial charge on any atom is -0.352 e. The third-order valence-corrected chi connectivity index (χ3v) is 6.98. The van der Waals surface area contributed by atoms with E-state index in [4.69, 9.17) is 0 Å². The van der Waals surface area contributed by atoms with Crippen molar-refractivity contribution in [1.82, 2.24) is 10.3 Å². The van der Waals surface area contributed by atoms with E-state index in [1.165, 1.54) is 23.5 Å². The molecular formula is C18H17N3O3S2. The predicted octanol–water partition coefficient (Wildman–Crippen LogP) is 2.77. The molecule has 6 nitrogen and oxygen atoms in total. The Morgan fingerprint density at radius 1 is 1.12 bits per heavy atom. The van der Waals surface area contributed by atoms with Gasteiger partial charge in [-0.3, -0.25) is 4.79 Å². The number of sulfonamides is 1. The number of fused-ring (bicyclic) bond motifs is 1. The molecule has 0 radical (unpaired) electrons. The number of benzene rings is 2. The van der Waals surface area contributed by atoms with Crippen LogP contribution in [0.4, 0.5) is 5.13 Å². The van der Waals surface area contributed by atoms with E-state index in [2.05, 4.69) is 10.3 Å². The lowest BCUT2D eigenvalue weighted by molar-refractivity contribution is -0.119. The number of aromatic nitrogens is 1. The SMILES string of the molecule is O=C(CN(c1nc2ccccc2s1)S(=O)(=O)c1ccccc1)NC1CC1. The van der Waals surface area contributed by atoms with Crippen molar-refractivity contribution >= 4 is 42.6 Å². The largest absolute Gasteiger partial charge is 0.352 e. The second-order valence-corrected chi connectivity index (χ2v) is 9.00. The maximum absolute atomic E-state index is 13.2. The number of rotatable bonds is 6. The van der Waals surface area contributed by atoms with Crippen molar-refractivity contribution < 1.29 is 13.2 Å². The summed E-state index contributed by atoms with van der Waals surface area (Å²) in [6, 6.07) is 15.7. The van der Waals surface area contributed by atoms with Gasteiger partial charge in [-0.05, 0) is 37.1 Å². The molecule has 0 saturated heterocycles. The molecule has 1 heterocycles. The Bertz CT molecular complexity index is 1010. The van der Waals surface area contributed by atoms with Gasteiger partial charge in [-0.25, -0.2) is 17.7 Å². The van der Waals surface area contributed by atoms with Crippen LogP contribution in [0, 0.1) is 0 Å². The summed E-state index contributed by atoms with van der Waals surface area (Å²) in [6.45, 7) is -0.284. The first kappa shape index (κ1) is 17.0. The summed E-state index contributed by atoms with van der Waals surface area (Å²) in [4.78, 5) is 16.9. The summed E-state index contributed by atoms with van der Waals surface area (Å²) in [5.74, 6) is -0.314. The second kappa shape index (κ2) is 6.69. The van der Waals surface area contributed by atoms with Crippen molar-refractivity contribution in [1.29, 1.82) is 0 Å². The lowest BCUT2D eigenvalue weighted by atomic mass is 10.3. The molecule has 26 heavy (non-hydrogen) atoms. The van der Waals surface area contributed by atoms with Crippen molar-refractivity contribution in [3.8, 4) is 0 Å². The Hall–Kier alpha value is -2.45. The molecule has 0 spiro atoms. The Labute approximate surface area is 155 Å². The van der Waals surface area contributed by atoms with Gasteiger partial charge in [-0.1, -0.05) is 41.7 Å². The maximum atomic E-state index is 13.2. The zero-order valence-electron chi connectivity index (χ0n) is 13.8. The molecule has 1 aliphatic rings. The molecule has 3 aromatic rings. The highest BCUT2D eigenvalue weighted by Gasteiger charge is 2.31. The van der Waals surface area contributed by atoms with Gasteiger partial charge in [-0.2, -0.15) is 0 Å². The molecule has 0 aliphatic heterocycles. The molecule has 0 atom stereocenters. The summed E-state index contributed by atoms with van der Waals surface area (Å²) in [6.07, 6.45) is 1.89. The molecular weight excluding hydrogens is 370 g/mol. The molecule has 4 rings (SSSR count). The fraction of sp³-hybridized carbons (Fsp3) is 0.222. The molecule has 1 saturated carbocycles. The lowest BCUT2D eigenvalue weighted by Crippen LogP contribution is -2.41. The molecule has 1 fully saturated rings. The van der Waals surface area contributed by atoms with Gasteiger partial charge in [0.05, 0.1) is 15.1 Å². The van der Waals surface area contributed by atoms with Crippen molar-refractivity contribution in [2.24, 2.45) is 0 Å². The van der Waals surface area contributed by atoms with Crippen LogP contribution in [0.5, 0.6) is 0 Å².